The number of nitrogens with two attached hydrogens (primary N) is 1. The first-order valence-electron chi connectivity index (χ1n) is 7.19. The smallest absolute Gasteiger partial charge is 0.241 e. The van der Waals surface area contributed by atoms with Crippen LogP contribution in [0.15, 0.2) is 24.3 Å². The number of hydrogen-bond acceptors (Lipinski definition) is 3. The molecule has 0 unspecified atom stereocenters. The van der Waals surface area contributed by atoms with Crippen molar-refractivity contribution < 1.29 is 9.18 Å². The maximum atomic E-state index is 14.3. The van der Waals surface area contributed by atoms with Crippen LogP contribution >= 0.6 is 0 Å². The Morgan fingerprint density at radius 3 is 2.50 bits per heavy atom. The Kier molecular flexibility index (Phi) is 4.61. The lowest BCUT2D eigenvalue weighted by molar-refractivity contribution is -0.118. The molecule has 6 heteroatoms. The zero-order valence-electron chi connectivity index (χ0n) is 13.2. The number of aryl methyl sites for hydroxylation is 2. The van der Waals surface area contributed by atoms with Crippen molar-refractivity contribution in [3.05, 3.63) is 41.5 Å². The van der Waals surface area contributed by atoms with E-state index in [0.717, 1.165) is 11.4 Å². The molecule has 2 rings (SSSR count). The lowest BCUT2D eigenvalue weighted by Gasteiger charge is -2.16. The van der Waals surface area contributed by atoms with Crippen LogP contribution in [0.5, 0.6) is 0 Å². The number of carbonyl (C=O) groups is 1. The molecule has 0 spiro atoms. The van der Waals surface area contributed by atoms with E-state index in [9.17, 15) is 9.18 Å². The molecule has 5 nitrogen and oxygen atoms in total. The Bertz CT molecular complexity index is 693. The number of hydrogen-bond donors (Lipinski definition) is 2. The standard InChI is InChI=1S/C16H21FN4O/c1-9(2)15(18)16(22)19-12-5-6-14(13(17)8-12)21-11(4)7-10(3)20-21/h5-9,15H,18H2,1-4H3,(H,19,22)/t15-/m0/s1. The van der Waals surface area contributed by atoms with Crippen molar-refractivity contribution in [3.8, 4) is 5.69 Å². The third kappa shape index (κ3) is 3.33. The number of anilines is 1. The van der Waals surface area contributed by atoms with E-state index >= 15 is 0 Å². The summed E-state index contributed by atoms with van der Waals surface area (Å²) in [5, 5.41) is 6.88. The fraction of sp³-hybridized carbons (Fsp3) is 0.375. The van der Waals surface area contributed by atoms with Gasteiger partial charge in [-0.3, -0.25) is 4.79 Å². The number of halogens is 1. The first kappa shape index (κ1) is 16.2. The van der Waals surface area contributed by atoms with Crippen LogP contribution in [-0.4, -0.2) is 21.7 Å². The average molecular weight is 304 g/mol. The van der Waals surface area contributed by atoms with Gasteiger partial charge >= 0.3 is 0 Å². The van der Waals surface area contributed by atoms with Crippen molar-refractivity contribution in [1.29, 1.82) is 0 Å². The number of nitrogens with zero attached hydrogens (tertiary/aromatic N) is 2. The van der Waals surface area contributed by atoms with Gasteiger partial charge in [0.2, 0.25) is 5.91 Å². The van der Waals surface area contributed by atoms with Crippen molar-refractivity contribution in [3.63, 3.8) is 0 Å². The highest BCUT2D eigenvalue weighted by Crippen LogP contribution is 2.20. The number of rotatable bonds is 4. The molecule has 1 aromatic carbocycles. The third-order valence-electron chi connectivity index (χ3n) is 3.47. The quantitative estimate of drug-likeness (QED) is 0.911. The van der Waals surface area contributed by atoms with Gasteiger partial charge in [-0.05, 0) is 44.0 Å². The number of benzene rings is 1. The summed E-state index contributed by atoms with van der Waals surface area (Å²) in [6.07, 6.45) is 0. The minimum atomic E-state index is -0.626. The van der Waals surface area contributed by atoms with E-state index < -0.39 is 11.9 Å². The molecule has 1 aromatic heterocycles. The van der Waals surface area contributed by atoms with Gasteiger partial charge in [0.25, 0.3) is 0 Å². The van der Waals surface area contributed by atoms with Gasteiger partial charge in [0.1, 0.15) is 5.69 Å². The summed E-state index contributed by atoms with van der Waals surface area (Å²) in [6, 6.07) is 5.75. The van der Waals surface area contributed by atoms with Crippen molar-refractivity contribution >= 4 is 11.6 Å². The third-order valence-corrected chi connectivity index (χ3v) is 3.47. The molecule has 0 bridgehead atoms. The molecule has 22 heavy (non-hydrogen) atoms. The highest BCUT2D eigenvalue weighted by molar-refractivity contribution is 5.94. The van der Waals surface area contributed by atoms with Gasteiger partial charge in [-0.1, -0.05) is 13.8 Å². The van der Waals surface area contributed by atoms with Crippen molar-refractivity contribution in [2.24, 2.45) is 11.7 Å². The van der Waals surface area contributed by atoms with Crippen LogP contribution in [0.2, 0.25) is 0 Å². The van der Waals surface area contributed by atoms with E-state index in [4.69, 9.17) is 5.73 Å². The maximum Gasteiger partial charge on any atom is 0.241 e. The summed E-state index contributed by atoms with van der Waals surface area (Å²) in [6.45, 7) is 7.42. The van der Waals surface area contributed by atoms with Gasteiger partial charge < -0.3 is 11.1 Å². The van der Waals surface area contributed by atoms with E-state index in [2.05, 4.69) is 10.4 Å². The van der Waals surface area contributed by atoms with Crippen molar-refractivity contribution in [2.75, 3.05) is 5.32 Å². The average Bonchev–Trinajstić information content (AvgIpc) is 2.76. The largest absolute Gasteiger partial charge is 0.325 e. The second kappa shape index (κ2) is 6.27. The van der Waals surface area contributed by atoms with Crippen LogP contribution in [0.25, 0.3) is 5.69 Å². The number of carbonyl (C=O) groups excluding carboxylic acids is 1. The Morgan fingerprint density at radius 2 is 2.00 bits per heavy atom. The minimum absolute atomic E-state index is 0.0128. The van der Waals surface area contributed by atoms with E-state index in [-0.39, 0.29) is 11.8 Å². The predicted octanol–water partition coefficient (Wildman–Crippen LogP) is 2.55. The van der Waals surface area contributed by atoms with Gasteiger partial charge in [0.15, 0.2) is 5.82 Å². The molecule has 0 radical (unpaired) electrons. The Morgan fingerprint density at radius 1 is 1.32 bits per heavy atom. The van der Waals surface area contributed by atoms with E-state index in [1.54, 1.807) is 12.1 Å². The highest BCUT2D eigenvalue weighted by atomic mass is 19.1. The predicted molar refractivity (Wildman–Crippen MR) is 84.4 cm³/mol. The lowest BCUT2D eigenvalue weighted by Crippen LogP contribution is -2.39. The first-order valence-corrected chi connectivity index (χ1v) is 7.19. The zero-order valence-corrected chi connectivity index (χ0v) is 13.2. The van der Waals surface area contributed by atoms with Crippen LogP contribution in [0.3, 0.4) is 0 Å². The maximum absolute atomic E-state index is 14.3. The van der Waals surface area contributed by atoms with Crippen LogP contribution < -0.4 is 11.1 Å². The molecule has 0 aliphatic carbocycles. The number of nitrogens with one attached hydrogen (secondary N) is 1. The summed E-state index contributed by atoms with van der Waals surface area (Å²) < 4.78 is 15.8. The Balaban J connectivity index is 2.23. The van der Waals surface area contributed by atoms with Crippen LogP contribution in [0.4, 0.5) is 10.1 Å². The Hall–Kier alpha value is -2.21. The molecule has 1 heterocycles. The van der Waals surface area contributed by atoms with Gasteiger partial charge in [-0.2, -0.15) is 5.10 Å². The molecular weight excluding hydrogens is 283 g/mol. The van der Waals surface area contributed by atoms with Gasteiger partial charge in [0, 0.05) is 11.4 Å². The molecule has 1 atom stereocenters. The van der Waals surface area contributed by atoms with Gasteiger partial charge in [-0.25, -0.2) is 9.07 Å². The second-order valence-electron chi connectivity index (χ2n) is 5.76. The fourth-order valence-corrected chi connectivity index (χ4v) is 2.16. The molecule has 0 saturated carbocycles. The molecule has 118 valence electrons. The molecule has 2 aromatic rings. The highest BCUT2D eigenvalue weighted by Gasteiger charge is 2.18. The van der Waals surface area contributed by atoms with Crippen molar-refractivity contribution in [1.82, 2.24) is 9.78 Å². The second-order valence-corrected chi connectivity index (χ2v) is 5.76. The van der Waals surface area contributed by atoms with E-state index in [0.29, 0.717) is 11.4 Å². The molecule has 0 aliphatic rings. The molecular formula is C16H21FN4O. The lowest BCUT2D eigenvalue weighted by atomic mass is 10.0. The summed E-state index contributed by atoms with van der Waals surface area (Å²) in [5.74, 6) is -0.769. The number of aromatic nitrogens is 2. The van der Waals surface area contributed by atoms with Crippen molar-refractivity contribution in [2.45, 2.75) is 33.7 Å². The SMILES string of the molecule is Cc1cc(C)n(-c2ccc(NC(=O)[C@@H](N)C(C)C)cc2F)n1. The summed E-state index contributed by atoms with van der Waals surface area (Å²) in [5.41, 5.74) is 8.15. The summed E-state index contributed by atoms with van der Waals surface area (Å²) >= 11 is 0. The zero-order chi connectivity index (χ0) is 16.4. The summed E-state index contributed by atoms with van der Waals surface area (Å²) in [7, 11) is 0. The molecule has 1 amide bonds. The van der Waals surface area contributed by atoms with Crippen LogP contribution in [-0.2, 0) is 4.79 Å². The fourth-order valence-electron chi connectivity index (χ4n) is 2.16. The number of amides is 1. The molecule has 0 saturated heterocycles. The molecule has 3 N–H and O–H groups in total. The van der Waals surface area contributed by atoms with E-state index in [1.165, 1.54) is 10.7 Å². The summed E-state index contributed by atoms with van der Waals surface area (Å²) in [4.78, 5) is 11.9. The topological polar surface area (TPSA) is 72.9 Å². The monoisotopic (exact) mass is 304 g/mol. The molecule has 0 fully saturated rings. The van der Waals surface area contributed by atoms with Crippen LogP contribution in [0, 0.1) is 25.6 Å². The van der Waals surface area contributed by atoms with E-state index in [1.807, 2.05) is 33.8 Å². The first-order chi connectivity index (χ1) is 10.3. The van der Waals surface area contributed by atoms with Crippen LogP contribution in [0.1, 0.15) is 25.2 Å². The normalized spacial score (nSPS) is 12.5. The van der Waals surface area contributed by atoms with Gasteiger partial charge in [-0.15, -0.1) is 0 Å². The van der Waals surface area contributed by atoms with Gasteiger partial charge in [0.05, 0.1) is 11.7 Å². The Labute approximate surface area is 129 Å². The minimum Gasteiger partial charge on any atom is -0.325 e. The molecule has 0 aliphatic heterocycles.